The monoisotopic (exact) mass is 356 g/mol. The summed E-state index contributed by atoms with van der Waals surface area (Å²) in [6.07, 6.45) is -2.71. The molecule has 3 rings (SSSR count). The van der Waals surface area contributed by atoms with E-state index < -0.39 is 29.2 Å². The Hall–Kier alpha value is -2.42. The third kappa shape index (κ3) is 3.37. The zero-order valence-electron chi connectivity index (χ0n) is 13.1. The van der Waals surface area contributed by atoms with Gasteiger partial charge in [-0.05, 0) is 25.0 Å². The molecule has 1 aromatic carbocycles. The van der Waals surface area contributed by atoms with Crippen molar-refractivity contribution < 1.29 is 22.4 Å². The highest BCUT2D eigenvalue weighted by molar-refractivity contribution is 5.95. The summed E-state index contributed by atoms with van der Waals surface area (Å²) in [6.45, 7) is 0.510. The number of nitrogens with zero attached hydrogens (tertiary/aromatic N) is 3. The molecule has 1 aliphatic rings. The van der Waals surface area contributed by atoms with E-state index in [1.54, 1.807) is 0 Å². The minimum Gasteiger partial charge on any atom is -0.337 e. The van der Waals surface area contributed by atoms with Crippen LogP contribution in [0.3, 0.4) is 0 Å². The van der Waals surface area contributed by atoms with Gasteiger partial charge in [-0.15, -0.1) is 0 Å². The highest BCUT2D eigenvalue weighted by Gasteiger charge is 2.42. The standard InChI is InChI=1S/C16H16F4N4O/c17-12-5-1-2-6-13(12)24-14(16(18,19)20)11(8-22-24)15(25)23-7-3-4-10(21)9-23/h1-2,5-6,8,10H,3-4,7,9,21H2/t10-/m0/s1. The van der Waals surface area contributed by atoms with E-state index in [0.717, 1.165) is 12.3 Å². The van der Waals surface area contributed by atoms with E-state index in [1.807, 2.05) is 0 Å². The minimum absolute atomic E-state index is 0.182. The number of likely N-dealkylation sites (tertiary alicyclic amines) is 1. The van der Waals surface area contributed by atoms with Gasteiger partial charge in [0.2, 0.25) is 0 Å². The van der Waals surface area contributed by atoms with E-state index in [2.05, 4.69) is 5.10 Å². The Bertz CT molecular complexity index is 787. The van der Waals surface area contributed by atoms with Crippen molar-refractivity contribution in [2.45, 2.75) is 25.1 Å². The highest BCUT2D eigenvalue weighted by Crippen LogP contribution is 2.34. The minimum atomic E-state index is -4.87. The maximum atomic E-state index is 13.9. The molecule has 2 heterocycles. The number of para-hydroxylation sites is 1. The van der Waals surface area contributed by atoms with Gasteiger partial charge in [-0.25, -0.2) is 9.07 Å². The summed E-state index contributed by atoms with van der Waals surface area (Å²) in [4.78, 5) is 13.8. The van der Waals surface area contributed by atoms with Crippen LogP contribution in [0.15, 0.2) is 30.5 Å². The fourth-order valence-electron chi connectivity index (χ4n) is 2.95. The number of benzene rings is 1. The second-order valence-corrected chi connectivity index (χ2v) is 5.92. The summed E-state index contributed by atoms with van der Waals surface area (Å²) in [5, 5.41) is 3.63. The lowest BCUT2D eigenvalue weighted by molar-refractivity contribution is -0.143. The van der Waals surface area contributed by atoms with Crippen LogP contribution in [-0.4, -0.2) is 39.7 Å². The molecular weight excluding hydrogens is 340 g/mol. The van der Waals surface area contributed by atoms with Crippen LogP contribution >= 0.6 is 0 Å². The van der Waals surface area contributed by atoms with E-state index in [4.69, 9.17) is 5.73 Å². The van der Waals surface area contributed by atoms with Crippen LogP contribution in [0, 0.1) is 5.82 Å². The number of amides is 1. The van der Waals surface area contributed by atoms with Gasteiger partial charge in [0.25, 0.3) is 5.91 Å². The summed E-state index contributed by atoms with van der Waals surface area (Å²) in [7, 11) is 0. The van der Waals surface area contributed by atoms with Gasteiger partial charge in [0.05, 0.1) is 11.8 Å². The average Bonchev–Trinajstić information content (AvgIpc) is 2.99. The third-order valence-electron chi connectivity index (χ3n) is 4.09. The summed E-state index contributed by atoms with van der Waals surface area (Å²) >= 11 is 0. The molecule has 2 N–H and O–H groups in total. The predicted molar refractivity (Wildman–Crippen MR) is 81.6 cm³/mol. The summed E-state index contributed by atoms with van der Waals surface area (Å²) < 4.78 is 55.1. The topological polar surface area (TPSA) is 64.2 Å². The molecule has 0 aliphatic carbocycles. The Morgan fingerprint density at radius 1 is 1.28 bits per heavy atom. The molecule has 134 valence electrons. The van der Waals surface area contributed by atoms with Crippen LogP contribution in [0.5, 0.6) is 0 Å². The van der Waals surface area contributed by atoms with Gasteiger partial charge in [0.1, 0.15) is 11.5 Å². The first-order chi connectivity index (χ1) is 11.8. The van der Waals surface area contributed by atoms with Crippen molar-refractivity contribution in [3.05, 3.63) is 47.5 Å². The predicted octanol–water partition coefficient (Wildman–Crippen LogP) is 2.59. The van der Waals surface area contributed by atoms with E-state index >= 15 is 0 Å². The van der Waals surface area contributed by atoms with Crippen molar-refractivity contribution in [2.75, 3.05) is 13.1 Å². The van der Waals surface area contributed by atoms with Crippen LogP contribution in [0.4, 0.5) is 17.6 Å². The Kier molecular flexibility index (Phi) is 4.51. The molecule has 0 saturated carbocycles. The number of rotatable bonds is 2. The summed E-state index contributed by atoms with van der Waals surface area (Å²) in [5.41, 5.74) is 3.53. The van der Waals surface area contributed by atoms with Crippen molar-refractivity contribution in [1.82, 2.24) is 14.7 Å². The maximum Gasteiger partial charge on any atom is 0.434 e. The fraction of sp³-hybridized carbons (Fsp3) is 0.375. The Balaban J connectivity index is 2.06. The van der Waals surface area contributed by atoms with Crippen molar-refractivity contribution in [2.24, 2.45) is 5.73 Å². The van der Waals surface area contributed by atoms with Gasteiger partial charge in [-0.1, -0.05) is 12.1 Å². The van der Waals surface area contributed by atoms with Gasteiger partial charge in [0, 0.05) is 19.1 Å². The summed E-state index contributed by atoms with van der Waals surface area (Å²) in [6, 6.07) is 4.68. The third-order valence-corrected chi connectivity index (χ3v) is 4.09. The van der Waals surface area contributed by atoms with Crippen LogP contribution in [0.2, 0.25) is 0 Å². The van der Waals surface area contributed by atoms with Crippen LogP contribution in [-0.2, 0) is 6.18 Å². The van der Waals surface area contributed by atoms with Gasteiger partial charge in [-0.3, -0.25) is 4.79 Å². The first-order valence-corrected chi connectivity index (χ1v) is 7.74. The van der Waals surface area contributed by atoms with Gasteiger partial charge in [0.15, 0.2) is 5.69 Å². The fourth-order valence-corrected chi connectivity index (χ4v) is 2.95. The number of aromatic nitrogens is 2. The molecule has 0 spiro atoms. The Morgan fingerprint density at radius 2 is 2.00 bits per heavy atom. The molecule has 25 heavy (non-hydrogen) atoms. The number of piperidine rings is 1. The number of hydrogen-bond donors (Lipinski definition) is 1. The van der Waals surface area contributed by atoms with E-state index in [-0.39, 0.29) is 18.3 Å². The lowest BCUT2D eigenvalue weighted by atomic mass is 10.1. The average molecular weight is 356 g/mol. The smallest absolute Gasteiger partial charge is 0.337 e. The molecule has 0 radical (unpaired) electrons. The molecule has 9 heteroatoms. The second kappa shape index (κ2) is 6.47. The number of alkyl halides is 3. The molecule has 5 nitrogen and oxygen atoms in total. The lowest BCUT2D eigenvalue weighted by Crippen LogP contribution is -2.46. The van der Waals surface area contributed by atoms with Crippen molar-refractivity contribution in [3.63, 3.8) is 0 Å². The van der Waals surface area contributed by atoms with Crippen LogP contribution in [0.1, 0.15) is 28.9 Å². The Labute approximate surface area is 141 Å². The maximum absolute atomic E-state index is 13.9. The SMILES string of the molecule is N[C@H]1CCCN(C(=O)c2cnn(-c3ccccc3F)c2C(F)(F)F)C1. The lowest BCUT2D eigenvalue weighted by Gasteiger charge is -2.30. The highest BCUT2D eigenvalue weighted by atomic mass is 19.4. The number of hydrogen-bond acceptors (Lipinski definition) is 3. The molecule has 2 aromatic rings. The van der Waals surface area contributed by atoms with E-state index in [1.165, 1.54) is 23.1 Å². The van der Waals surface area contributed by atoms with Crippen molar-refractivity contribution >= 4 is 5.91 Å². The number of carbonyl (C=O) groups excluding carboxylic acids is 1. The molecule has 0 bridgehead atoms. The molecular formula is C16H16F4N4O. The largest absolute Gasteiger partial charge is 0.434 e. The molecule has 1 aromatic heterocycles. The molecule has 1 saturated heterocycles. The van der Waals surface area contributed by atoms with E-state index in [0.29, 0.717) is 24.1 Å². The molecule has 1 amide bonds. The summed E-state index contributed by atoms with van der Waals surface area (Å²) in [5.74, 6) is -1.67. The normalized spacial score (nSPS) is 18.4. The number of halogens is 4. The van der Waals surface area contributed by atoms with Gasteiger partial charge in [-0.2, -0.15) is 18.3 Å². The number of carbonyl (C=O) groups is 1. The second-order valence-electron chi connectivity index (χ2n) is 5.92. The van der Waals surface area contributed by atoms with E-state index in [9.17, 15) is 22.4 Å². The molecule has 1 aliphatic heterocycles. The Morgan fingerprint density at radius 3 is 2.64 bits per heavy atom. The van der Waals surface area contributed by atoms with Gasteiger partial charge < -0.3 is 10.6 Å². The molecule has 0 unspecified atom stereocenters. The zero-order chi connectivity index (χ0) is 18.2. The zero-order valence-corrected chi connectivity index (χ0v) is 13.1. The first-order valence-electron chi connectivity index (χ1n) is 7.74. The van der Waals surface area contributed by atoms with Crippen molar-refractivity contribution in [1.29, 1.82) is 0 Å². The van der Waals surface area contributed by atoms with Crippen LogP contribution in [0.25, 0.3) is 5.69 Å². The molecule has 1 atom stereocenters. The molecule has 1 fully saturated rings. The quantitative estimate of drug-likeness (QED) is 0.842. The number of nitrogens with two attached hydrogens (primary N) is 1. The van der Waals surface area contributed by atoms with Gasteiger partial charge >= 0.3 is 6.18 Å². The first kappa shape index (κ1) is 17.4. The van der Waals surface area contributed by atoms with Crippen LogP contribution < -0.4 is 5.73 Å². The van der Waals surface area contributed by atoms with Crippen molar-refractivity contribution in [3.8, 4) is 5.69 Å².